The molecular weight excluding hydrogens is 1210 g/mol. The molecule has 0 fully saturated rings. The third-order valence-corrected chi connectivity index (χ3v) is 19.5. The molecule has 0 saturated heterocycles. The van der Waals surface area contributed by atoms with Crippen LogP contribution in [-0.2, 0) is 65.4 Å². The van der Waals surface area contributed by atoms with Gasteiger partial charge in [0.15, 0.2) is 12.2 Å². The van der Waals surface area contributed by atoms with Gasteiger partial charge in [-0.2, -0.15) is 0 Å². The smallest absolute Gasteiger partial charge is 0.462 e. The number of phosphoric ester groups is 2. The predicted octanol–water partition coefficient (Wildman–Crippen LogP) is 21.0. The monoisotopic (exact) mass is 1350 g/mol. The van der Waals surface area contributed by atoms with E-state index in [0.29, 0.717) is 31.6 Å². The third-order valence-electron chi connectivity index (χ3n) is 17.6. The fraction of sp³-hybridized carbons (Fsp3) is 0.945. The van der Waals surface area contributed by atoms with Crippen molar-refractivity contribution in [2.45, 2.75) is 388 Å². The van der Waals surface area contributed by atoms with Crippen LogP contribution in [-0.4, -0.2) is 96.7 Å². The Kier molecular flexibility index (Phi) is 62.4. The first kappa shape index (κ1) is 90.1. The molecule has 7 atom stereocenters. The van der Waals surface area contributed by atoms with Crippen LogP contribution in [0.4, 0.5) is 0 Å². The van der Waals surface area contributed by atoms with Gasteiger partial charge in [-0.3, -0.25) is 37.3 Å². The Morgan fingerprint density at radius 3 is 0.826 bits per heavy atom. The highest BCUT2D eigenvalue weighted by Gasteiger charge is 2.30. The number of ether oxygens (including phenoxy) is 4. The summed E-state index contributed by atoms with van der Waals surface area (Å²) in [5.74, 6) is 0.134. The molecule has 0 spiro atoms. The number of rotatable bonds is 71. The number of carbonyl (C=O) groups is 4. The van der Waals surface area contributed by atoms with Crippen LogP contribution >= 0.6 is 15.6 Å². The maximum atomic E-state index is 13.1. The van der Waals surface area contributed by atoms with Crippen molar-refractivity contribution in [3.05, 3.63) is 0 Å². The van der Waals surface area contributed by atoms with Gasteiger partial charge in [0.05, 0.1) is 26.4 Å². The van der Waals surface area contributed by atoms with Crippen molar-refractivity contribution in [2.24, 2.45) is 17.8 Å². The quantitative estimate of drug-likeness (QED) is 0.0222. The lowest BCUT2D eigenvalue weighted by molar-refractivity contribution is -0.161. The van der Waals surface area contributed by atoms with E-state index in [2.05, 4.69) is 48.5 Å². The van der Waals surface area contributed by atoms with E-state index in [1.54, 1.807) is 0 Å². The van der Waals surface area contributed by atoms with Crippen molar-refractivity contribution in [1.82, 2.24) is 0 Å². The number of phosphoric acid groups is 2. The summed E-state index contributed by atoms with van der Waals surface area (Å²) in [5, 5.41) is 10.6. The number of esters is 4. The van der Waals surface area contributed by atoms with Crippen LogP contribution in [0.2, 0.25) is 0 Å². The lowest BCUT2D eigenvalue weighted by Crippen LogP contribution is -2.30. The first-order valence-electron chi connectivity index (χ1n) is 37.9. The molecule has 0 aliphatic rings. The highest BCUT2D eigenvalue weighted by atomic mass is 31.2. The zero-order valence-corrected chi connectivity index (χ0v) is 61.8. The van der Waals surface area contributed by atoms with E-state index < -0.39 is 97.5 Å². The highest BCUT2D eigenvalue weighted by Crippen LogP contribution is 2.45. The second-order valence-corrected chi connectivity index (χ2v) is 30.2. The maximum Gasteiger partial charge on any atom is 0.472 e. The number of hydrogen-bond acceptors (Lipinski definition) is 15. The summed E-state index contributed by atoms with van der Waals surface area (Å²) in [6, 6.07) is 0. The third kappa shape index (κ3) is 64.1. The summed E-state index contributed by atoms with van der Waals surface area (Å²) < 4.78 is 68.4. The molecule has 3 N–H and O–H groups in total. The van der Waals surface area contributed by atoms with Gasteiger partial charge in [-0.25, -0.2) is 9.13 Å². The molecule has 0 rings (SSSR count). The summed E-state index contributed by atoms with van der Waals surface area (Å²) in [4.78, 5) is 72.7. The van der Waals surface area contributed by atoms with E-state index in [0.717, 1.165) is 108 Å². The Balaban J connectivity index is 5.25. The minimum absolute atomic E-state index is 0.104. The topological polar surface area (TPSA) is 237 Å². The Morgan fingerprint density at radius 1 is 0.315 bits per heavy atom. The zero-order chi connectivity index (χ0) is 68.0. The Morgan fingerprint density at radius 2 is 0.554 bits per heavy atom. The zero-order valence-electron chi connectivity index (χ0n) is 60.0. The van der Waals surface area contributed by atoms with Gasteiger partial charge in [-0.1, -0.05) is 318 Å². The average Bonchev–Trinajstić information content (AvgIpc) is 1.52. The van der Waals surface area contributed by atoms with Gasteiger partial charge in [0, 0.05) is 25.7 Å². The van der Waals surface area contributed by atoms with E-state index in [4.69, 9.17) is 37.0 Å². The van der Waals surface area contributed by atoms with Gasteiger partial charge in [-0.15, -0.1) is 0 Å². The van der Waals surface area contributed by atoms with E-state index in [1.807, 2.05) is 0 Å². The molecule has 17 nitrogen and oxygen atoms in total. The lowest BCUT2D eigenvalue weighted by Gasteiger charge is -2.21. The van der Waals surface area contributed by atoms with Crippen LogP contribution < -0.4 is 0 Å². The molecule has 0 aromatic rings. The van der Waals surface area contributed by atoms with Gasteiger partial charge in [0.25, 0.3) is 0 Å². The first-order chi connectivity index (χ1) is 44.3. The van der Waals surface area contributed by atoms with E-state index in [-0.39, 0.29) is 25.7 Å². The molecule has 92 heavy (non-hydrogen) atoms. The Hall–Kier alpha value is -1.94. The van der Waals surface area contributed by atoms with Crippen molar-refractivity contribution in [3.63, 3.8) is 0 Å². The highest BCUT2D eigenvalue weighted by molar-refractivity contribution is 7.47. The van der Waals surface area contributed by atoms with Crippen LogP contribution in [0.15, 0.2) is 0 Å². The van der Waals surface area contributed by atoms with Crippen LogP contribution in [0.5, 0.6) is 0 Å². The predicted molar refractivity (Wildman–Crippen MR) is 372 cm³/mol. The minimum atomic E-state index is -4.96. The summed E-state index contributed by atoms with van der Waals surface area (Å²) >= 11 is 0. The van der Waals surface area contributed by atoms with Gasteiger partial charge in [0.2, 0.25) is 0 Å². The molecule has 0 radical (unpaired) electrons. The molecule has 0 aliphatic carbocycles. The molecule has 0 saturated carbocycles. The fourth-order valence-corrected chi connectivity index (χ4v) is 12.6. The number of unbranched alkanes of at least 4 members (excludes halogenated alkanes) is 37. The van der Waals surface area contributed by atoms with Crippen molar-refractivity contribution in [2.75, 3.05) is 39.6 Å². The fourth-order valence-electron chi connectivity index (χ4n) is 11.0. The largest absolute Gasteiger partial charge is 0.472 e. The summed E-state index contributed by atoms with van der Waals surface area (Å²) in [6.07, 6.45) is 48.6. The summed E-state index contributed by atoms with van der Waals surface area (Å²) in [6.45, 7) is 11.8. The minimum Gasteiger partial charge on any atom is -0.462 e. The van der Waals surface area contributed by atoms with Crippen LogP contribution in [0, 0.1) is 17.8 Å². The Bertz CT molecular complexity index is 1810. The molecule has 0 aliphatic heterocycles. The van der Waals surface area contributed by atoms with Gasteiger partial charge in [0.1, 0.15) is 19.3 Å². The van der Waals surface area contributed by atoms with Gasteiger partial charge >= 0.3 is 39.5 Å². The molecule has 19 heteroatoms. The van der Waals surface area contributed by atoms with Crippen LogP contribution in [0.3, 0.4) is 0 Å². The summed E-state index contributed by atoms with van der Waals surface area (Å²) in [5.41, 5.74) is 0. The second kappa shape index (κ2) is 63.8. The maximum absolute atomic E-state index is 13.1. The van der Waals surface area contributed by atoms with Crippen LogP contribution in [0.25, 0.3) is 0 Å². The number of aliphatic hydroxyl groups is 1. The first-order valence-corrected chi connectivity index (χ1v) is 40.9. The lowest BCUT2D eigenvalue weighted by atomic mass is 9.99. The molecule has 0 amide bonds. The standard InChI is InChI=1S/C73H142O17P2/c1-8-11-12-13-14-15-16-17-18-19-20-21-22-27-33-42-49-56-72(77)89-68(60-83-70(75)54-47-40-32-26-24-23-25-30-38-45-52-65(6)9-2)62-87-91(79,80)85-58-67(74)59-86-92(81,82)88-63-69(61-84-71(76)55-48-41-36-35-37-44-51-64(4)5)90-73(78)57-50-43-34-29-28-31-39-46-53-66(7)10-3/h64-69,74H,8-63H2,1-7H3,(H,79,80)(H,81,82)/t65?,66?,67-,68-,69-/m1/s1. The molecule has 0 aromatic heterocycles. The van der Waals surface area contributed by atoms with Crippen molar-refractivity contribution >= 4 is 39.5 Å². The van der Waals surface area contributed by atoms with Gasteiger partial charge in [-0.05, 0) is 43.4 Å². The van der Waals surface area contributed by atoms with Crippen molar-refractivity contribution in [1.29, 1.82) is 0 Å². The molecule has 546 valence electrons. The molecule has 0 aromatic carbocycles. The number of carbonyl (C=O) groups excluding carboxylic acids is 4. The molecule has 4 unspecified atom stereocenters. The molecular formula is C73H142O17P2. The van der Waals surface area contributed by atoms with Gasteiger partial charge < -0.3 is 33.8 Å². The van der Waals surface area contributed by atoms with E-state index >= 15 is 0 Å². The SMILES string of the molecule is CCCCCCCCCCCCCCCCCCCC(=O)O[C@H](COC(=O)CCCCCCCCCCCCC(C)CC)COP(=O)(O)OC[C@@H](O)COP(=O)(O)OC[C@@H](COC(=O)CCCCCCCCC(C)C)OC(=O)CCCCCCCCCCC(C)CC. The second-order valence-electron chi connectivity index (χ2n) is 27.3. The van der Waals surface area contributed by atoms with E-state index in [9.17, 15) is 43.2 Å². The Labute approximate surface area is 562 Å². The molecule has 0 heterocycles. The summed E-state index contributed by atoms with van der Waals surface area (Å²) in [7, 11) is -9.91. The normalized spacial score (nSPS) is 14.7. The number of hydrogen-bond donors (Lipinski definition) is 3. The molecule has 0 bridgehead atoms. The van der Waals surface area contributed by atoms with Crippen molar-refractivity contribution in [3.8, 4) is 0 Å². The van der Waals surface area contributed by atoms with Crippen molar-refractivity contribution < 1.29 is 80.2 Å². The van der Waals surface area contributed by atoms with E-state index in [1.165, 1.54) is 173 Å². The number of aliphatic hydroxyl groups excluding tert-OH is 1. The average molecular weight is 1350 g/mol. The van der Waals surface area contributed by atoms with Crippen LogP contribution in [0.1, 0.15) is 370 Å².